The molecular weight excluding hydrogens is 400 g/mol. The molecule has 0 saturated heterocycles. The van der Waals surface area contributed by atoms with Crippen LogP contribution in [0.2, 0.25) is 0 Å². The molecule has 0 radical (unpaired) electrons. The lowest BCUT2D eigenvalue weighted by atomic mass is 9.95. The van der Waals surface area contributed by atoms with E-state index in [1.54, 1.807) is 12.0 Å². The Kier molecular flexibility index (Phi) is 9.14. The highest BCUT2D eigenvalue weighted by Crippen LogP contribution is 2.19. The van der Waals surface area contributed by atoms with Crippen molar-refractivity contribution in [2.75, 3.05) is 13.7 Å². The van der Waals surface area contributed by atoms with Gasteiger partial charge in [0, 0.05) is 12.6 Å². The van der Waals surface area contributed by atoms with E-state index >= 15 is 0 Å². The van der Waals surface area contributed by atoms with Gasteiger partial charge in [-0.2, -0.15) is 0 Å². The van der Waals surface area contributed by atoms with E-state index in [0.717, 1.165) is 49.0 Å². The molecule has 0 aliphatic heterocycles. The number of nitrogens with one attached hydrogen (secondary N) is 1. The molecule has 3 rings (SSSR count). The first-order valence-corrected chi connectivity index (χ1v) is 11.9. The lowest BCUT2D eigenvalue weighted by molar-refractivity contribution is -0.140. The zero-order chi connectivity index (χ0) is 22.8. The molecule has 172 valence electrons. The first-order valence-electron chi connectivity index (χ1n) is 11.9. The van der Waals surface area contributed by atoms with Crippen LogP contribution in [0.4, 0.5) is 0 Å². The van der Waals surface area contributed by atoms with Crippen LogP contribution in [0.1, 0.15) is 56.6 Å². The third-order valence-corrected chi connectivity index (χ3v) is 6.34. The zero-order valence-electron chi connectivity index (χ0n) is 19.4. The Morgan fingerprint density at radius 3 is 2.31 bits per heavy atom. The summed E-state index contributed by atoms with van der Waals surface area (Å²) in [5, 5.41) is 3.23. The molecule has 1 atom stereocenters. The molecule has 2 aromatic rings. The number of amides is 2. The van der Waals surface area contributed by atoms with Gasteiger partial charge in [-0.1, -0.05) is 68.7 Å². The number of carbonyl (C=O) groups is 2. The second kappa shape index (κ2) is 12.3. The molecule has 0 spiro atoms. The molecule has 32 heavy (non-hydrogen) atoms. The van der Waals surface area contributed by atoms with Crippen LogP contribution in [-0.2, 0) is 22.4 Å². The van der Waals surface area contributed by atoms with Gasteiger partial charge in [0.25, 0.3) is 0 Å². The molecule has 1 N–H and O–H groups in total. The number of methoxy groups -OCH3 is 1. The molecule has 1 fully saturated rings. The van der Waals surface area contributed by atoms with E-state index < -0.39 is 6.04 Å². The smallest absolute Gasteiger partial charge is 0.243 e. The maximum Gasteiger partial charge on any atom is 0.243 e. The predicted molar refractivity (Wildman–Crippen MR) is 128 cm³/mol. The first-order chi connectivity index (χ1) is 15.6. The van der Waals surface area contributed by atoms with Gasteiger partial charge >= 0.3 is 0 Å². The van der Waals surface area contributed by atoms with Gasteiger partial charge < -0.3 is 15.0 Å². The summed E-state index contributed by atoms with van der Waals surface area (Å²) in [4.78, 5) is 28.4. The van der Waals surface area contributed by atoms with E-state index in [1.807, 2.05) is 49.4 Å². The molecule has 5 heteroatoms. The molecule has 0 aromatic heterocycles. The Morgan fingerprint density at radius 1 is 1.00 bits per heavy atom. The van der Waals surface area contributed by atoms with Crippen LogP contribution in [0.5, 0.6) is 5.75 Å². The normalized spacial score (nSPS) is 15.1. The van der Waals surface area contributed by atoms with Gasteiger partial charge in [-0.05, 0) is 48.9 Å². The Morgan fingerprint density at radius 2 is 1.69 bits per heavy atom. The summed E-state index contributed by atoms with van der Waals surface area (Å²) in [6, 6.07) is 17.5. The van der Waals surface area contributed by atoms with E-state index in [1.165, 1.54) is 6.42 Å². The molecule has 0 unspecified atom stereocenters. The SMILES string of the molecule is CC[C@H](C(=O)NC1CCCCC1)N(CCc1ccccc1)C(=O)Cc1ccc(OC)cc1. The molecule has 0 bridgehead atoms. The van der Waals surface area contributed by atoms with E-state index in [0.29, 0.717) is 13.0 Å². The van der Waals surface area contributed by atoms with Gasteiger partial charge in [0.15, 0.2) is 0 Å². The van der Waals surface area contributed by atoms with Crippen LogP contribution in [0.3, 0.4) is 0 Å². The largest absolute Gasteiger partial charge is 0.497 e. The minimum absolute atomic E-state index is 0.0169. The first kappa shape index (κ1) is 23.8. The Balaban J connectivity index is 1.73. The fourth-order valence-electron chi connectivity index (χ4n) is 4.46. The van der Waals surface area contributed by atoms with Gasteiger partial charge in [0.2, 0.25) is 11.8 Å². The minimum Gasteiger partial charge on any atom is -0.497 e. The van der Waals surface area contributed by atoms with Crippen molar-refractivity contribution < 1.29 is 14.3 Å². The highest BCUT2D eigenvalue weighted by molar-refractivity contribution is 5.88. The Bertz CT molecular complexity index is 845. The molecule has 5 nitrogen and oxygen atoms in total. The van der Waals surface area contributed by atoms with Crippen molar-refractivity contribution in [3.63, 3.8) is 0 Å². The summed E-state index contributed by atoms with van der Waals surface area (Å²) in [6.45, 7) is 2.51. The molecule has 0 heterocycles. The molecular formula is C27H36N2O3. The third kappa shape index (κ3) is 6.84. The van der Waals surface area contributed by atoms with E-state index in [2.05, 4.69) is 17.4 Å². The number of hydrogen-bond donors (Lipinski definition) is 1. The number of ether oxygens (including phenoxy) is 1. The Labute approximate surface area is 192 Å². The average molecular weight is 437 g/mol. The van der Waals surface area contributed by atoms with Crippen molar-refractivity contribution in [3.05, 3.63) is 65.7 Å². The van der Waals surface area contributed by atoms with Crippen molar-refractivity contribution in [2.45, 2.75) is 70.4 Å². The van der Waals surface area contributed by atoms with Crippen LogP contribution in [-0.4, -0.2) is 42.5 Å². The molecule has 1 aliphatic rings. The maximum absolute atomic E-state index is 13.4. The standard InChI is InChI=1S/C27H36N2O3/c1-3-25(27(31)28-23-12-8-5-9-13-23)29(19-18-21-10-6-4-7-11-21)26(30)20-22-14-16-24(32-2)17-15-22/h4,6-7,10-11,14-17,23,25H,3,5,8-9,12-13,18-20H2,1-2H3,(H,28,31)/t25-/m1/s1. The van der Waals surface area contributed by atoms with E-state index in [4.69, 9.17) is 4.74 Å². The molecule has 1 aliphatic carbocycles. The van der Waals surface area contributed by atoms with Crippen LogP contribution in [0.25, 0.3) is 0 Å². The van der Waals surface area contributed by atoms with Crippen molar-refractivity contribution in [1.82, 2.24) is 10.2 Å². The van der Waals surface area contributed by atoms with Crippen molar-refractivity contribution in [1.29, 1.82) is 0 Å². The van der Waals surface area contributed by atoms with E-state index in [-0.39, 0.29) is 24.3 Å². The lowest BCUT2D eigenvalue weighted by Crippen LogP contribution is -2.52. The van der Waals surface area contributed by atoms with Crippen molar-refractivity contribution in [3.8, 4) is 5.75 Å². The zero-order valence-corrected chi connectivity index (χ0v) is 19.4. The van der Waals surface area contributed by atoms with Crippen LogP contribution >= 0.6 is 0 Å². The highest BCUT2D eigenvalue weighted by Gasteiger charge is 2.30. The molecule has 1 saturated carbocycles. The van der Waals surface area contributed by atoms with Gasteiger partial charge in [0.05, 0.1) is 13.5 Å². The molecule has 2 aromatic carbocycles. The van der Waals surface area contributed by atoms with Crippen molar-refractivity contribution in [2.24, 2.45) is 0 Å². The van der Waals surface area contributed by atoms with Crippen LogP contribution < -0.4 is 10.1 Å². The van der Waals surface area contributed by atoms with Gasteiger partial charge in [0.1, 0.15) is 11.8 Å². The summed E-state index contributed by atoms with van der Waals surface area (Å²) in [5.74, 6) is 0.729. The summed E-state index contributed by atoms with van der Waals surface area (Å²) in [6.07, 6.45) is 7.23. The number of benzene rings is 2. The monoisotopic (exact) mass is 436 g/mol. The van der Waals surface area contributed by atoms with Crippen LogP contribution in [0.15, 0.2) is 54.6 Å². The topological polar surface area (TPSA) is 58.6 Å². The van der Waals surface area contributed by atoms with Crippen molar-refractivity contribution >= 4 is 11.8 Å². The summed E-state index contributed by atoms with van der Waals surface area (Å²) >= 11 is 0. The fraction of sp³-hybridized carbons (Fsp3) is 0.481. The fourth-order valence-corrected chi connectivity index (χ4v) is 4.46. The quantitative estimate of drug-likeness (QED) is 0.595. The average Bonchev–Trinajstić information content (AvgIpc) is 2.83. The minimum atomic E-state index is -0.452. The maximum atomic E-state index is 13.4. The highest BCUT2D eigenvalue weighted by atomic mass is 16.5. The number of nitrogens with zero attached hydrogens (tertiary/aromatic N) is 1. The van der Waals surface area contributed by atoms with Gasteiger partial charge in [-0.25, -0.2) is 0 Å². The Hall–Kier alpha value is -2.82. The number of hydrogen-bond acceptors (Lipinski definition) is 3. The summed E-state index contributed by atoms with van der Waals surface area (Å²) < 4.78 is 5.22. The lowest BCUT2D eigenvalue weighted by Gasteiger charge is -2.33. The summed E-state index contributed by atoms with van der Waals surface area (Å²) in [7, 11) is 1.63. The molecule has 2 amide bonds. The third-order valence-electron chi connectivity index (χ3n) is 6.34. The van der Waals surface area contributed by atoms with Gasteiger partial charge in [-0.15, -0.1) is 0 Å². The second-order valence-electron chi connectivity index (χ2n) is 8.62. The van der Waals surface area contributed by atoms with E-state index in [9.17, 15) is 9.59 Å². The number of carbonyl (C=O) groups excluding carboxylic acids is 2. The second-order valence-corrected chi connectivity index (χ2v) is 8.62. The predicted octanol–water partition coefficient (Wildman–Crippen LogP) is 4.54. The van der Waals surface area contributed by atoms with Crippen LogP contribution in [0, 0.1) is 0 Å². The number of rotatable bonds is 10. The summed E-state index contributed by atoms with van der Waals surface area (Å²) in [5.41, 5.74) is 2.08. The van der Waals surface area contributed by atoms with Gasteiger partial charge in [-0.3, -0.25) is 9.59 Å².